The van der Waals surface area contributed by atoms with Crippen molar-refractivity contribution in [2.45, 2.75) is 48.4 Å². The lowest BCUT2D eigenvalue weighted by Gasteiger charge is -2.19. The smallest absolute Gasteiger partial charge is 0.354 e. The quantitative estimate of drug-likeness (QED) is 0.824. The molecule has 98 valence electrons. The van der Waals surface area contributed by atoms with Crippen LogP contribution in [0.25, 0.3) is 0 Å². The molecule has 2 unspecified atom stereocenters. The van der Waals surface area contributed by atoms with Crippen LogP contribution in [0.3, 0.4) is 0 Å². The minimum atomic E-state index is -1.01. The molecule has 0 aromatic carbocycles. The van der Waals surface area contributed by atoms with Crippen molar-refractivity contribution in [1.82, 2.24) is 4.98 Å². The second-order valence-electron chi connectivity index (χ2n) is 4.54. The summed E-state index contributed by atoms with van der Waals surface area (Å²) in [7, 11) is 0. The lowest BCUT2D eigenvalue weighted by atomic mass is 10.1. The highest BCUT2D eigenvalue weighted by Crippen LogP contribution is 2.33. The molecule has 1 fully saturated rings. The highest BCUT2D eigenvalue weighted by Gasteiger charge is 2.22. The number of carboxylic acid groups (broad SMARTS) is 1. The van der Waals surface area contributed by atoms with E-state index in [2.05, 4.69) is 4.98 Å². The molecule has 1 aliphatic carbocycles. The average Bonchev–Trinajstić information content (AvgIpc) is 2.55. The first kappa shape index (κ1) is 13.4. The van der Waals surface area contributed by atoms with Gasteiger partial charge in [-0.3, -0.25) is 0 Å². The molecule has 2 N–H and O–H groups in total. The minimum Gasteiger partial charge on any atom is -0.477 e. The molecule has 5 heteroatoms. The molecule has 1 saturated carbocycles. The highest BCUT2D eigenvalue weighted by atomic mass is 32.2. The largest absolute Gasteiger partial charge is 0.477 e. The van der Waals surface area contributed by atoms with Gasteiger partial charge in [0.2, 0.25) is 0 Å². The fourth-order valence-electron chi connectivity index (χ4n) is 2.17. The summed E-state index contributed by atoms with van der Waals surface area (Å²) in [5.41, 5.74) is 0.0584. The minimum absolute atomic E-state index is 0.0584. The molecule has 0 spiro atoms. The maximum absolute atomic E-state index is 10.8. The second kappa shape index (κ2) is 6.20. The summed E-state index contributed by atoms with van der Waals surface area (Å²) in [5.74, 6) is -1.01. The molecule has 18 heavy (non-hydrogen) atoms. The summed E-state index contributed by atoms with van der Waals surface area (Å²) >= 11 is 1.56. The number of aliphatic hydroxyl groups excluding tert-OH is 1. The highest BCUT2D eigenvalue weighted by molar-refractivity contribution is 8.00. The number of hydrogen-bond donors (Lipinski definition) is 2. The third kappa shape index (κ3) is 3.46. The van der Waals surface area contributed by atoms with Crippen molar-refractivity contribution < 1.29 is 15.0 Å². The van der Waals surface area contributed by atoms with Crippen molar-refractivity contribution in [2.75, 3.05) is 0 Å². The van der Waals surface area contributed by atoms with Gasteiger partial charge in [-0.25, -0.2) is 9.78 Å². The van der Waals surface area contributed by atoms with E-state index in [0.29, 0.717) is 0 Å². The standard InChI is InChI=1S/C13H17NO3S/c15-11-4-2-1-3-5-12(11)18-9-6-7-14-10(8-9)13(16)17/h6-8,11-12,15H,1-5H2,(H,16,17). The second-order valence-corrected chi connectivity index (χ2v) is 5.86. The summed E-state index contributed by atoms with van der Waals surface area (Å²) in [6.07, 6.45) is 6.42. The van der Waals surface area contributed by atoms with Gasteiger partial charge in [0.1, 0.15) is 5.69 Å². The number of hydrogen-bond acceptors (Lipinski definition) is 4. The van der Waals surface area contributed by atoms with Crippen molar-refractivity contribution in [3.63, 3.8) is 0 Å². The molecular weight excluding hydrogens is 250 g/mol. The molecule has 1 aromatic rings. The Bertz CT molecular complexity index is 424. The fourth-order valence-corrected chi connectivity index (χ4v) is 3.41. The molecular formula is C13H17NO3S. The number of nitrogens with zero attached hydrogens (tertiary/aromatic N) is 1. The van der Waals surface area contributed by atoms with Gasteiger partial charge < -0.3 is 10.2 Å². The summed E-state index contributed by atoms with van der Waals surface area (Å²) in [4.78, 5) is 15.5. The first-order valence-electron chi connectivity index (χ1n) is 6.21. The Hall–Kier alpha value is -1.07. The van der Waals surface area contributed by atoms with Crippen molar-refractivity contribution in [1.29, 1.82) is 0 Å². The number of pyridine rings is 1. The van der Waals surface area contributed by atoms with Crippen LogP contribution < -0.4 is 0 Å². The summed E-state index contributed by atoms with van der Waals surface area (Å²) in [6, 6.07) is 3.37. The first-order chi connectivity index (χ1) is 8.66. The van der Waals surface area contributed by atoms with Crippen LogP contribution in [-0.2, 0) is 0 Å². The van der Waals surface area contributed by atoms with Gasteiger partial charge in [-0.15, -0.1) is 11.8 Å². The van der Waals surface area contributed by atoms with Gasteiger partial charge in [-0.2, -0.15) is 0 Å². The third-order valence-electron chi connectivity index (χ3n) is 3.16. The van der Waals surface area contributed by atoms with E-state index in [9.17, 15) is 9.90 Å². The zero-order chi connectivity index (χ0) is 13.0. The van der Waals surface area contributed by atoms with Gasteiger partial charge in [0.25, 0.3) is 0 Å². The molecule has 0 amide bonds. The lowest BCUT2D eigenvalue weighted by Crippen LogP contribution is -2.21. The van der Waals surface area contributed by atoms with Gasteiger partial charge in [0.05, 0.1) is 6.10 Å². The molecule has 2 rings (SSSR count). The summed E-state index contributed by atoms with van der Waals surface area (Å²) in [5, 5.41) is 19.1. The van der Waals surface area contributed by atoms with E-state index in [1.165, 1.54) is 12.6 Å². The van der Waals surface area contributed by atoms with E-state index < -0.39 is 5.97 Å². The zero-order valence-electron chi connectivity index (χ0n) is 10.1. The van der Waals surface area contributed by atoms with Crippen LogP contribution in [-0.4, -0.2) is 32.5 Å². The summed E-state index contributed by atoms with van der Waals surface area (Å²) < 4.78 is 0. The van der Waals surface area contributed by atoms with E-state index in [0.717, 1.165) is 30.6 Å². The van der Waals surface area contributed by atoms with Gasteiger partial charge in [-0.1, -0.05) is 19.3 Å². The van der Waals surface area contributed by atoms with Crippen LogP contribution in [0.15, 0.2) is 23.2 Å². The van der Waals surface area contributed by atoms with Crippen molar-refractivity contribution in [2.24, 2.45) is 0 Å². The topological polar surface area (TPSA) is 70.4 Å². The zero-order valence-corrected chi connectivity index (χ0v) is 10.9. The number of aliphatic hydroxyl groups is 1. The van der Waals surface area contributed by atoms with Crippen LogP contribution in [0.5, 0.6) is 0 Å². The number of carbonyl (C=O) groups is 1. The van der Waals surface area contributed by atoms with Crippen molar-refractivity contribution in [3.05, 3.63) is 24.0 Å². The van der Waals surface area contributed by atoms with Crippen molar-refractivity contribution >= 4 is 17.7 Å². The van der Waals surface area contributed by atoms with Crippen molar-refractivity contribution in [3.8, 4) is 0 Å². The van der Waals surface area contributed by atoms with Gasteiger partial charge in [0.15, 0.2) is 0 Å². The number of aromatic nitrogens is 1. The normalized spacial score (nSPS) is 24.5. The van der Waals surface area contributed by atoms with Gasteiger partial charge in [0, 0.05) is 16.3 Å². The van der Waals surface area contributed by atoms with E-state index in [-0.39, 0.29) is 17.0 Å². The molecule has 1 aliphatic rings. The number of thioether (sulfide) groups is 1. The number of aromatic carboxylic acids is 1. The van der Waals surface area contributed by atoms with E-state index >= 15 is 0 Å². The van der Waals surface area contributed by atoms with Crippen LogP contribution in [0.1, 0.15) is 42.6 Å². The van der Waals surface area contributed by atoms with Crippen LogP contribution >= 0.6 is 11.8 Å². The average molecular weight is 267 g/mol. The predicted molar refractivity (Wildman–Crippen MR) is 69.9 cm³/mol. The molecule has 2 atom stereocenters. The maximum atomic E-state index is 10.8. The monoisotopic (exact) mass is 267 g/mol. The molecule has 1 aromatic heterocycles. The van der Waals surface area contributed by atoms with Crippen LogP contribution in [0, 0.1) is 0 Å². The van der Waals surface area contributed by atoms with E-state index in [1.807, 2.05) is 0 Å². The Morgan fingerprint density at radius 3 is 2.89 bits per heavy atom. The maximum Gasteiger partial charge on any atom is 0.354 e. The number of carboxylic acids is 1. The molecule has 0 aliphatic heterocycles. The van der Waals surface area contributed by atoms with Gasteiger partial charge >= 0.3 is 5.97 Å². The SMILES string of the molecule is O=C(O)c1cc(SC2CCCCCC2O)ccn1. The molecule has 0 bridgehead atoms. The third-order valence-corrected chi connectivity index (χ3v) is 4.53. The Morgan fingerprint density at radius 2 is 2.11 bits per heavy atom. The Labute approximate surface area is 110 Å². The molecule has 0 saturated heterocycles. The summed E-state index contributed by atoms with van der Waals surface area (Å²) in [6.45, 7) is 0. The first-order valence-corrected chi connectivity index (χ1v) is 7.09. The molecule has 4 nitrogen and oxygen atoms in total. The van der Waals surface area contributed by atoms with E-state index in [1.54, 1.807) is 23.9 Å². The number of rotatable bonds is 3. The Kier molecular flexibility index (Phi) is 4.60. The fraction of sp³-hybridized carbons (Fsp3) is 0.538. The molecule has 0 radical (unpaired) electrons. The molecule has 1 heterocycles. The predicted octanol–water partition coefficient (Wildman–Crippen LogP) is 2.57. The van der Waals surface area contributed by atoms with Crippen LogP contribution in [0.2, 0.25) is 0 Å². The Balaban J connectivity index is 2.07. The Morgan fingerprint density at radius 1 is 1.33 bits per heavy atom. The lowest BCUT2D eigenvalue weighted by molar-refractivity contribution is 0.0690. The van der Waals surface area contributed by atoms with Gasteiger partial charge in [-0.05, 0) is 25.0 Å². The van der Waals surface area contributed by atoms with E-state index in [4.69, 9.17) is 5.11 Å². The van der Waals surface area contributed by atoms with Crippen LogP contribution in [0.4, 0.5) is 0 Å².